The summed E-state index contributed by atoms with van der Waals surface area (Å²) in [5.74, 6) is 0.805. The summed E-state index contributed by atoms with van der Waals surface area (Å²) < 4.78 is 7.09. The van der Waals surface area contributed by atoms with Crippen molar-refractivity contribution in [3.63, 3.8) is 0 Å². The Morgan fingerprint density at radius 2 is 2.11 bits per heavy atom. The average molecular weight is 382 g/mol. The predicted octanol–water partition coefficient (Wildman–Crippen LogP) is 2.33. The quantitative estimate of drug-likeness (QED) is 0.678. The van der Waals surface area contributed by atoms with Crippen molar-refractivity contribution in [2.45, 2.75) is 18.1 Å². The summed E-state index contributed by atoms with van der Waals surface area (Å²) in [6.07, 6.45) is 3.60. The third-order valence-corrected chi connectivity index (χ3v) is 5.21. The lowest BCUT2D eigenvalue weighted by Gasteiger charge is -2.23. The summed E-state index contributed by atoms with van der Waals surface area (Å²) in [4.78, 5) is 12.9. The summed E-state index contributed by atoms with van der Waals surface area (Å²) in [5, 5.41) is 13.4. The van der Waals surface area contributed by atoms with Crippen LogP contribution in [-0.4, -0.2) is 36.9 Å². The highest BCUT2D eigenvalue weighted by atomic mass is 32.2. The molecule has 0 radical (unpaired) electrons. The Morgan fingerprint density at radius 3 is 2.78 bits per heavy atom. The van der Waals surface area contributed by atoms with Gasteiger partial charge in [-0.15, -0.1) is 5.10 Å². The Hall–Kier alpha value is -3.07. The van der Waals surface area contributed by atoms with Crippen LogP contribution in [0, 0.1) is 6.92 Å². The Bertz CT molecular complexity index is 964. The monoisotopic (exact) mass is 382 g/mol. The second kappa shape index (κ2) is 7.28. The number of hydrogen-bond acceptors (Lipinski definition) is 7. The van der Waals surface area contributed by atoms with E-state index in [2.05, 4.69) is 21.0 Å². The number of amides is 1. The number of thioether (sulfide) groups is 1. The topological polar surface area (TPSA) is 89.1 Å². The zero-order valence-corrected chi connectivity index (χ0v) is 15.7. The number of benzene rings is 1. The largest absolute Gasteiger partial charge is 0.467 e. The third kappa shape index (κ3) is 3.59. The van der Waals surface area contributed by atoms with Crippen LogP contribution in [0.15, 0.2) is 58.3 Å². The fourth-order valence-electron chi connectivity index (χ4n) is 2.79. The lowest BCUT2D eigenvalue weighted by molar-refractivity contribution is -0.131. The molecular weight excluding hydrogens is 364 g/mol. The third-order valence-electron chi connectivity index (χ3n) is 4.22. The van der Waals surface area contributed by atoms with Gasteiger partial charge in [-0.05, 0) is 41.1 Å². The summed E-state index contributed by atoms with van der Waals surface area (Å²) in [6.45, 7) is 2.04. The van der Waals surface area contributed by atoms with Gasteiger partial charge in [-0.25, -0.2) is 9.69 Å². The molecule has 27 heavy (non-hydrogen) atoms. The first kappa shape index (κ1) is 17.3. The summed E-state index contributed by atoms with van der Waals surface area (Å²) in [6, 6.07) is 11.5. The van der Waals surface area contributed by atoms with Gasteiger partial charge in [0.15, 0.2) is 0 Å². The highest BCUT2D eigenvalue weighted by molar-refractivity contribution is 7.99. The van der Waals surface area contributed by atoms with Crippen LogP contribution in [0.5, 0.6) is 0 Å². The summed E-state index contributed by atoms with van der Waals surface area (Å²) >= 11 is 1.29. The van der Waals surface area contributed by atoms with E-state index in [0.29, 0.717) is 10.9 Å². The molecule has 4 rings (SSSR count). The summed E-state index contributed by atoms with van der Waals surface area (Å²) in [5.41, 5.74) is 6.29. The normalized spacial score (nSPS) is 16.3. The van der Waals surface area contributed by atoms with E-state index >= 15 is 0 Å². The van der Waals surface area contributed by atoms with Crippen LogP contribution in [0.25, 0.3) is 5.70 Å². The molecule has 0 spiro atoms. The molecule has 1 aliphatic rings. The number of aryl methyl sites for hydroxylation is 2. The van der Waals surface area contributed by atoms with Crippen LogP contribution in [-0.2, 0) is 11.8 Å². The van der Waals surface area contributed by atoms with Crippen molar-refractivity contribution in [2.24, 2.45) is 7.05 Å². The number of furan rings is 1. The van der Waals surface area contributed by atoms with Gasteiger partial charge in [0, 0.05) is 7.05 Å². The Balaban J connectivity index is 1.55. The van der Waals surface area contributed by atoms with Crippen molar-refractivity contribution >= 4 is 23.4 Å². The van der Waals surface area contributed by atoms with Crippen molar-refractivity contribution in [1.82, 2.24) is 30.6 Å². The van der Waals surface area contributed by atoms with Crippen LogP contribution >= 0.6 is 11.8 Å². The molecule has 9 heteroatoms. The van der Waals surface area contributed by atoms with Crippen molar-refractivity contribution in [3.05, 3.63) is 65.6 Å². The van der Waals surface area contributed by atoms with E-state index in [1.807, 2.05) is 49.4 Å². The molecule has 1 aliphatic heterocycles. The number of nitrogens with one attached hydrogen (secondary N) is 1. The van der Waals surface area contributed by atoms with Crippen molar-refractivity contribution in [2.75, 3.05) is 5.75 Å². The maximum absolute atomic E-state index is 12.9. The minimum Gasteiger partial charge on any atom is -0.467 e. The average Bonchev–Trinajstić information content (AvgIpc) is 3.41. The standard InChI is InChI=1S/C18H18N6O2S/c1-12-5-7-13(8-6-12)14-10-15(16-4-3-9-26-16)24(20-14)17(25)11-27-18-19-21-22-23(18)2/h3-10,15,20H,11H2,1-2H3/t15-/m1/s1. The van der Waals surface area contributed by atoms with Gasteiger partial charge in [-0.3, -0.25) is 10.2 Å². The van der Waals surface area contributed by atoms with Gasteiger partial charge in [-0.1, -0.05) is 41.6 Å². The molecule has 3 heterocycles. The molecule has 2 aromatic heterocycles. The predicted molar refractivity (Wildman–Crippen MR) is 100 cm³/mol. The van der Waals surface area contributed by atoms with E-state index in [1.54, 1.807) is 18.3 Å². The lowest BCUT2D eigenvalue weighted by Crippen LogP contribution is -2.40. The molecule has 8 nitrogen and oxygen atoms in total. The Kier molecular flexibility index (Phi) is 4.68. The van der Waals surface area contributed by atoms with Crippen LogP contribution in [0.3, 0.4) is 0 Å². The maximum atomic E-state index is 12.9. The molecule has 1 atom stereocenters. The van der Waals surface area contributed by atoms with Gasteiger partial charge < -0.3 is 4.42 Å². The van der Waals surface area contributed by atoms with Gasteiger partial charge in [0.05, 0.1) is 17.7 Å². The highest BCUT2D eigenvalue weighted by Crippen LogP contribution is 2.32. The van der Waals surface area contributed by atoms with E-state index in [-0.39, 0.29) is 17.7 Å². The van der Waals surface area contributed by atoms with Gasteiger partial charge in [0.1, 0.15) is 11.8 Å². The van der Waals surface area contributed by atoms with E-state index < -0.39 is 0 Å². The molecule has 138 valence electrons. The first-order valence-corrected chi connectivity index (χ1v) is 9.36. The van der Waals surface area contributed by atoms with Crippen molar-refractivity contribution < 1.29 is 9.21 Å². The molecular formula is C18H18N6O2S. The fraction of sp³-hybridized carbons (Fsp3) is 0.222. The Labute approximate surface area is 160 Å². The minimum absolute atomic E-state index is 0.0947. The molecule has 0 bridgehead atoms. The molecule has 1 N–H and O–H groups in total. The lowest BCUT2D eigenvalue weighted by atomic mass is 10.1. The number of tetrazole rings is 1. The van der Waals surface area contributed by atoms with Crippen LogP contribution < -0.4 is 5.43 Å². The molecule has 1 amide bonds. The number of aromatic nitrogens is 4. The zero-order chi connectivity index (χ0) is 18.8. The van der Waals surface area contributed by atoms with Crippen molar-refractivity contribution in [1.29, 1.82) is 0 Å². The fourth-order valence-corrected chi connectivity index (χ4v) is 3.50. The Morgan fingerprint density at radius 1 is 1.30 bits per heavy atom. The number of carbonyl (C=O) groups is 1. The maximum Gasteiger partial charge on any atom is 0.252 e. The smallest absolute Gasteiger partial charge is 0.252 e. The zero-order valence-electron chi connectivity index (χ0n) is 14.9. The number of nitrogens with zero attached hydrogens (tertiary/aromatic N) is 5. The molecule has 3 aromatic rings. The van der Waals surface area contributed by atoms with Crippen LogP contribution in [0.1, 0.15) is 22.9 Å². The number of rotatable bonds is 5. The first-order valence-electron chi connectivity index (χ1n) is 8.38. The first-order chi connectivity index (χ1) is 13.1. The summed E-state index contributed by atoms with van der Waals surface area (Å²) in [7, 11) is 1.74. The van der Waals surface area contributed by atoms with E-state index in [1.165, 1.54) is 22.0 Å². The second-order valence-electron chi connectivity index (χ2n) is 6.16. The van der Waals surface area contributed by atoms with E-state index in [9.17, 15) is 4.79 Å². The molecule has 0 saturated carbocycles. The van der Waals surface area contributed by atoms with Gasteiger partial charge in [-0.2, -0.15) is 0 Å². The highest BCUT2D eigenvalue weighted by Gasteiger charge is 2.32. The van der Waals surface area contributed by atoms with Gasteiger partial charge in [0.25, 0.3) is 5.91 Å². The molecule has 0 saturated heterocycles. The number of carbonyl (C=O) groups excluding carboxylic acids is 1. The molecule has 0 unspecified atom stereocenters. The number of hydrogen-bond donors (Lipinski definition) is 1. The van der Waals surface area contributed by atoms with E-state index in [0.717, 1.165) is 11.3 Å². The molecule has 1 aromatic carbocycles. The second-order valence-corrected chi connectivity index (χ2v) is 7.10. The van der Waals surface area contributed by atoms with Crippen molar-refractivity contribution in [3.8, 4) is 0 Å². The van der Waals surface area contributed by atoms with E-state index in [4.69, 9.17) is 4.42 Å². The van der Waals surface area contributed by atoms with Crippen LogP contribution in [0.2, 0.25) is 0 Å². The molecule has 0 aliphatic carbocycles. The SMILES string of the molecule is Cc1ccc(C2=C[C@H](c3ccco3)N(C(=O)CSc3nnnn3C)N2)cc1. The number of hydrazine groups is 1. The van der Waals surface area contributed by atoms with Gasteiger partial charge >= 0.3 is 0 Å². The molecule has 0 fully saturated rings. The minimum atomic E-state index is -0.318. The van der Waals surface area contributed by atoms with Gasteiger partial charge in [0.2, 0.25) is 5.16 Å². The van der Waals surface area contributed by atoms with Crippen LogP contribution in [0.4, 0.5) is 0 Å².